The number of para-hydroxylation sites is 1. The maximum atomic E-state index is 11.9. The summed E-state index contributed by atoms with van der Waals surface area (Å²) in [6, 6.07) is 14.3. The number of aryl methyl sites for hydroxylation is 1. The Morgan fingerprint density at radius 2 is 1.93 bits per heavy atom. The lowest BCUT2D eigenvalue weighted by molar-refractivity contribution is -0.127. The number of benzene rings is 1. The Balaban J connectivity index is 1.49. The van der Waals surface area contributed by atoms with Crippen LogP contribution in [0.15, 0.2) is 64.3 Å². The van der Waals surface area contributed by atoms with Crippen LogP contribution in [0.3, 0.4) is 0 Å². The molecule has 0 aliphatic rings. The van der Waals surface area contributed by atoms with Crippen molar-refractivity contribution in [1.82, 2.24) is 20.1 Å². The number of likely N-dealkylation sites (N-methyl/N-ethyl adjacent to an activating group) is 1. The van der Waals surface area contributed by atoms with E-state index in [0.29, 0.717) is 12.5 Å². The number of nitrogens with zero attached hydrogens (tertiary/aromatic N) is 3. The molecular weight excluding hydrogens is 366 g/mol. The van der Waals surface area contributed by atoms with Crippen molar-refractivity contribution in [2.45, 2.75) is 19.4 Å². The largest absolute Gasteiger partial charge is 0.469 e. The van der Waals surface area contributed by atoms with Gasteiger partial charge in [-0.2, -0.15) is 0 Å². The average Bonchev–Trinajstić information content (AvgIpc) is 3.38. The van der Waals surface area contributed by atoms with E-state index in [2.05, 4.69) is 56.7 Å². The SMILES string of the molecule is CN(C)C(=O)CN=C(NCCCn1ccc2ccccc21)NCCc1ccco1. The Kier molecular flexibility index (Phi) is 7.33. The zero-order valence-electron chi connectivity index (χ0n) is 17.1. The molecule has 1 aromatic carbocycles. The van der Waals surface area contributed by atoms with Crippen LogP contribution >= 0.6 is 0 Å². The van der Waals surface area contributed by atoms with Crippen LogP contribution in [0.2, 0.25) is 0 Å². The van der Waals surface area contributed by atoms with Gasteiger partial charge in [0.25, 0.3) is 0 Å². The van der Waals surface area contributed by atoms with Gasteiger partial charge in [-0.1, -0.05) is 18.2 Å². The molecule has 0 unspecified atom stereocenters. The molecule has 0 atom stereocenters. The van der Waals surface area contributed by atoms with E-state index in [4.69, 9.17) is 4.42 Å². The molecule has 0 saturated heterocycles. The van der Waals surface area contributed by atoms with Crippen LogP contribution in [0.4, 0.5) is 0 Å². The number of guanidine groups is 1. The molecule has 2 heterocycles. The van der Waals surface area contributed by atoms with Crippen LogP contribution in [-0.2, 0) is 17.8 Å². The van der Waals surface area contributed by atoms with Crippen molar-refractivity contribution in [2.75, 3.05) is 33.7 Å². The van der Waals surface area contributed by atoms with Gasteiger partial charge in [-0.15, -0.1) is 0 Å². The molecule has 0 fully saturated rings. The number of furan rings is 1. The van der Waals surface area contributed by atoms with Crippen LogP contribution in [-0.4, -0.2) is 55.1 Å². The summed E-state index contributed by atoms with van der Waals surface area (Å²) in [5.41, 5.74) is 1.24. The van der Waals surface area contributed by atoms with Crippen LogP contribution in [0.25, 0.3) is 10.9 Å². The molecule has 7 heteroatoms. The predicted octanol–water partition coefficient (Wildman–Crippen LogP) is 2.49. The van der Waals surface area contributed by atoms with Gasteiger partial charge in [-0.05, 0) is 36.1 Å². The average molecular weight is 396 g/mol. The molecule has 3 rings (SSSR count). The van der Waals surface area contributed by atoms with E-state index < -0.39 is 0 Å². The molecule has 0 aliphatic carbocycles. The Bertz CT molecular complexity index is 928. The lowest BCUT2D eigenvalue weighted by Gasteiger charge is -2.14. The maximum Gasteiger partial charge on any atom is 0.243 e. The fourth-order valence-electron chi connectivity index (χ4n) is 3.01. The third-order valence-corrected chi connectivity index (χ3v) is 4.66. The molecule has 29 heavy (non-hydrogen) atoms. The maximum absolute atomic E-state index is 11.9. The zero-order chi connectivity index (χ0) is 20.5. The summed E-state index contributed by atoms with van der Waals surface area (Å²) < 4.78 is 7.61. The van der Waals surface area contributed by atoms with Crippen molar-refractivity contribution < 1.29 is 9.21 Å². The number of hydrogen-bond acceptors (Lipinski definition) is 3. The summed E-state index contributed by atoms with van der Waals surface area (Å²) in [4.78, 5) is 17.8. The molecule has 1 amide bonds. The van der Waals surface area contributed by atoms with Crippen molar-refractivity contribution in [3.8, 4) is 0 Å². The third kappa shape index (κ3) is 6.14. The van der Waals surface area contributed by atoms with Crippen LogP contribution in [0.1, 0.15) is 12.2 Å². The monoisotopic (exact) mass is 395 g/mol. The first kappa shape index (κ1) is 20.5. The molecule has 0 spiro atoms. The molecule has 2 N–H and O–H groups in total. The second-order valence-corrected chi connectivity index (χ2v) is 7.06. The molecule has 3 aromatic rings. The molecule has 0 radical (unpaired) electrons. The number of rotatable bonds is 9. The highest BCUT2D eigenvalue weighted by Gasteiger charge is 2.05. The van der Waals surface area contributed by atoms with Gasteiger partial charge < -0.3 is 24.5 Å². The Hall–Kier alpha value is -3.22. The number of aromatic nitrogens is 1. The van der Waals surface area contributed by atoms with Gasteiger partial charge in [-0.25, -0.2) is 4.99 Å². The van der Waals surface area contributed by atoms with Crippen molar-refractivity contribution in [3.63, 3.8) is 0 Å². The summed E-state index contributed by atoms with van der Waals surface area (Å²) in [5, 5.41) is 7.86. The number of fused-ring (bicyclic) bond motifs is 1. The fraction of sp³-hybridized carbons (Fsp3) is 0.364. The predicted molar refractivity (Wildman–Crippen MR) is 116 cm³/mol. The minimum atomic E-state index is -0.0315. The number of carbonyl (C=O) groups is 1. The molecular formula is C22H29N5O2. The summed E-state index contributed by atoms with van der Waals surface area (Å²) in [7, 11) is 3.47. The number of hydrogen-bond donors (Lipinski definition) is 2. The van der Waals surface area contributed by atoms with Crippen LogP contribution in [0, 0.1) is 0 Å². The van der Waals surface area contributed by atoms with Crippen molar-refractivity contribution >= 4 is 22.8 Å². The summed E-state index contributed by atoms with van der Waals surface area (Å²) in [6.07, 6.45) is 5.49. The van der Waals surface area contributed by atoms with Gasteiger partial charge in [0, 0.05) is 51.9 Å². The topological polar surface area (TPSA) is 74.8 Å². The van der Waals surface area contributed by atoms with E-state index in [1.165, 1.54) is 10.9 Å². The van der Waals surface area contributed by atoms with E-state index in [1.807, 2.05) is 12.1 Å². The molecule has 0 bridgehead atoms. The minimum absolute atomic E-state index is 0.0315. The first-order valence-corrected chi connectivity index (χ1v) is 9.92. The lowest BCUT2D eigenvalue weighted by Crippen LogP contribution is -2.40. The highest BCUT2D eigenvalue weighted by Crippen LogP contribution is 2.15. The van der Waals surface area contributed by atoms with E-state index >= 15 is 0 Å². The van der Waals surface area contributed by atoms with E-state index in [9.17, 15) is 4.79 Å². The summed E-state index contributed by atoms with van der Waals surface area (Å²) >= 11 is 0. The molecule has 0 aliphatic heterocycles. The highest BCUT2D eigenvalue weighted by molar-refractivity contribution is 5.84. The van der Waals surface area contributed by atoms with Gasteiger partial charge >= 0.3 is 0 Å². The van der Waals surface area contributed by atoms with Crippen LogP contribution < -0.4 is 10.6 Å². The van der Waals surface area contributed by atoms with E-state index in [1.54, 1.807) is 25.3 Å². The highest BCUT2D eigenvalue weighted by atomic mass is 16.3. The fourth-order valence-corrected chi connectivity index (χ4v) is 3.01. The van der Waals surface area contributed by atoms with Gasteiger partial charge in [0.2, 0.25) is 5.91 Å². The first-order valence-electron chi connectivity index (χ1n) is 9.92. The van der Waals surface area contributed by atoms with E-state index in [-0.39, 0.29) is 12.5 Å². The zero-order valence-corrected chi connectivity index (χ0v) is 17.1. The third-order valence-electron chi connectivity index (χ3n) is 4.66. The van der Waals surface area contributed by atoms with Crippen molar-refractivity contribution in [1.29, 1.82) is 0 Å². The van der Waals surface area contributed by atoms with Crippen molar-refractivity contribution in [2.24, 2.45) is 4.99 Å². The molecule has 154 valence electrons. The standard InChI is InChI=1S/C22H29N5O2/c1-26(2)21(28)17-25-22(24-13-10-19-8-5-16-29-19)23-12-6-14-27-15-11-18-7-3-4-9-20(18)27/h3-5,7-9,11,15-16H,6,10,12-14,17H2,1-2H3,(H2,23,24,25). The number of nitrogens with one attached hydrogen (secondary N) is 2. The van der Waals surface area contributed by atoms with Crippen molar-refractivity contribution in [3.05, 3.63) is 60.7 Å². The molecule has 7 nitrogen and oxygen atoms in total. The number of carbonyl (C=O) groups excluding carboxylic acids is 1. The van der Waals surface area contributed by atoms with E-state index in [0.717, 1.165) is 31.7 Å². The quantitative estimate of drug-likeness (QED) is 0.332. The Labute approximate surface area is 171 Å². The van der Waals surface area contributed by atoms with Gasteiger partial charge in [0.15, 0.2) is 5.96 Å². The second-order valence-electron chi connectivity index (χ2n) is 7.06. The Morgan fingerprint density at radius 3 is 2.72 bits per heavy atom. The van der Waals surface area contributed by atoms with Crippen LogP contribution in [0.5, 0.6) is 0 Å². The second kappa shape index (κ2) is 10.4. The van der Waals surface area contributed by atoms with Gasteiger partial charge in [0.05, 0.1) is 6.26 Å². The number of amides is 1. The first-order chi connectivity index (χ1) is 14.1. The minimum Gasteiger partial charge on any atom is -0.469 e. The summed E-state index contributed by atoms with van der Waals surface area (Å²) in [6.45, 7) is 2.47. The van der Waals surface area contributed by atoms with Gasteiger partial charge in [-0.3, -0.25) is 4.79 Å². The normalized spacial score (nSPS) is 11.6. The summed E-state index contributed by atoms with van der Waals surface area (Å²) in [5.74, 6) is 1.53. The lowest BCUT2D eigenvalue weighted by atomic mass is 10.2. The Morgan fingerprint density at radius 1 is 1.10 bits per heavy atom. The molecule has 2 aromatic heterocycles. The van der Waals surface area contributed by atoms with Gasteiger partial charge in [0.1, 0.15) is 12.3 Å². The smallest absolute Gasteiger partial charge is 0.243 e. The molecule has 0 saturated carbocycles. The number of aliphatic imine (C=N–C) groups is 1.